The van der Waals surface area contributed by atoms with Crippen LogP contribution in [0.1, 0.15) is 89.9 Å². The van der Waals surface area contributed by atoms with E-state index in [4.69, 9.17) is 0 Å². The van der Waals surface area contributed by atoms with Crippen molar-refractivity contribution in [3.05, 3.63) is 0 Å². The molecule has 5 aliphatic carbocycles. The minimum Gasteiger partial charge on any atom is -0.353 e. The first-order chi connectivity index (χ1) is 13.6. The monoisotopic (exact) mass is 386 g/mol. The summed E-state index contributed by atoms with van der Waals surface area (Å²) in [5, 5.41) is 3.30. The third kappa shape index (κ3) is 3.85. The lowest BCUT2D eigenvalue weighted by molar-refractivity contribution is -0.140. The molecule has 1 heterocycles. The van der Waals surface area contributed by atoms with Gasteiger partial charge in [0.25, 0.3) is 0 Å². The van der Waals surface area contributed by atoms with E-state index in [1.165, 1.54) is 57.8 Å². The molecule has 0 atom stereocenters. The minimum absolute atomic E-state index is 0.240. The van der Waals surface area contributed by atoms with Crippen LogP contribution >= 0.6 is 0 Å². The van der Waals surface area contributed by atoms with Gasteiger partial charge in [-0.15, -0.1) is 0 Å². The average Bonchev–Trinajstić information content (AvgIpc) is 2.68. The molecule has 4 nitrogen and oxygen atoms in total. The van der Waals surface area contributed by atoms with E-state index < -0.39 is 0 Å². The summed E-state index contributed by atoms with van der Waals surface area (Å²) in [6.45, 7) is 1.67. The Morgan fingerprint density at radius 3 is 1.96 bits per heavy atom. The Balaban J connectivity index is 1.10. The van der Waals surface area contributed by atoms with Gasteiger partial charge in [0.1, 0.15) is 0 Å². The van der Waals surface area contributed by atoms with Crippen molar-refractivity contribution in [2.45, 2.75) is 95.9 Å². The van der Waals surface area contributed by atoms with Gasteiger partial charge < -0.3 is 10.2 Å². The van der Waals surface area contributed by atoms with Crippen LogP contribution < -0.4 is 5.32 Å². The number of carbonyl (C=O) groups is 2. The Morgan fingerprint density at radius 2 is 1.39 bits per heavy atom. The van der Waals surface area contributed by atoms with Gasteiger partial charge in [-0.3, -0.25) is 9.59 Å². The Labute approximate surface area is 170 Å². The molecule has 0 aromatic heterocycles. The zero-order valence-corrected chi connectivity index (χ0v) is 17.5. The molecule has 0 aromatic carbocycles. The quantitative estimate of drug-likeness (QED) is 0.784. The van der Waals surface area contributed by atoms with E-state index in [0.29, 0.717) is 11.3 Å². The Bertz CT molecular complexity index is 566. The molecule has 6 fully saturated rings. The zero-order valence-electron chi connectivity index (χ0n) is 17.5. The molecule has 4 heteroatoms. The van der Waals surface area contributed by atoms with Gasteiger partial charge >= 0.3 is 0 Å². The normalized spacial score (nSPS) is 38.6. The summed E-state index contributed by atoms with van der Waals surface area (Å²) >= 11 is 0. The lowest BCUT2D eigenvalue weighted by Gasteiger charge is -2.57. The number of hydrogen-bond acceptors (Lipinski definition) is 2. The molecule has 156 valence electrons. The van der Waals surface area contributed by atoms with Gasteiger partial charge in [0.2, 0.25) is 11.8 Å². The number of amides is 2. The first-order valence-electron chi connectivity index (χ1n) is 12.2. The molecular weight excluding hydrogens is 348 g/mol. The van der Waals surface area contributed by atoms with Crippen molar-refractivity contribution >= 4 is 11.8 Å². The van der Waals surface area contributed by atoms with E-state index in [2.05, 4.69) is 10.2 Å². The molecule has 0 spiro atoms. The number of piperidine rings is 1. The van der Waals surface area contributed by atoms with Crippen molar-refractivity contribution in [3.63, 3.8) is 0 Å². The smallest absolute Gasteiger partial charge is 0.223 e. The van der Waals surface area contributed by atoms with Gasteiger partial charge in [-0.2, -0.15) is 0 Å². The maximum atomic E-state index is 13.1. The fourth-order valence-corrected chi connectivity index (χ4v) is 7.90. The number of nitrogens with one attached hydrogen (secondary N) is 1. The van der Waals surface area contributed by atoms with Crippen molar-refractivity contribution in [2.24, 2.45) is 29.1 Å². The lowest BCUT2D eigenvalue weighted by Crippen LogP contribution is -2.51. The highest BCUT2D eigenvalue weighted by Crippen LogP contribution is 2.61. The van der Waals surface area contributed by atoms with Crippen LogP contribution in [0, 0.1) is 29.1 Å². The fraction of sp³-hybridized carbons (Fsp3) is 0.917. The lowest BCUT2D eigenvalue weighted by atomic mass is 9.49. The van der Waals surface area contributed by atoms with Crippen molar-refractivity contribution < 1.29 is 9.59 Å². The molecule has 6 aliphatic rings. The van der Waals surface area contributed by atoms with Crippen LogP contribution in [-0.4, -0.2) is 35.8 Å². The second-order valence-electron chi connectivity index (χ2n) is 11.1. The van der Waals surface area contributed by atoms with Crippen molar-refractivity contribution in [1.82, 2.24) is 10.2 Å². The second kappa shape index (κ2) is 7.65. The van der Waals surface area contributed by atoms with E-state index in [1.807, 2.05) is 0 Å². The SMILES string of the molecule is O=C(NC1CCN(C(=O)CC23CC4CC(CC(C4)C2)C3)CC1)C1CCCCC1. The third-order valence-corrected chi connectivity index (χ3v) is 8.86. The molecule has 4 bridgehead atoms. The summed E-state index contributed by atoms with van der Waals surface area (Å²) in [4.78, 5) is 27.7. The molecule has 2 amide bonds. The van der Waals surface area contributed by atoms with Crippen LogP contribution in [0.25, 0.3) is 0 Å². The average molecular weight is 387 g/mol. The van der Waals surface area contributed by atoms with E-state index in [1.54, 1.807) is 0 Å². The highest BCUT2D eigenvalue weighted by Gasteiger charge is 2.51. The summed E-state index contributed by atoms with van der Waals surface area (Å²) < 4.78 is 0. The fourth-order valence-electron chi connectivity index (χ4n) is 7.90. The summed E-state index contributed by atoms with van der Waals surface area (Å²) in [7, 11) is 0. The van der Waals surface area contributed by atoms with Gasteiger partial charge in [0.05, 0.1) is 0 Å². The number of hydrogen-bond donors (Lipinski definition) is 1. The molecule has 28 heavy (non-hydrogen) atoms. The van der Waals surface area contributed by atoms with Crippen molar-refractivity contribution in [3.8, 4) is 0 Å². The van der Waals surface area contributed by atoms with Gasteiger partial charge in [-0.25, -0.2) is 0 Å². The Kier molecular flexibility index (Phi) is 5.17. The highest BCUT2D eigenvalue weighted by molar-refractivity contribution is 5.79. The van der Waals surface area contributed by atoms with Crippen molar-refractivity contribution in [1.29, 1.82) is 0 Å². The molecule has 0 unspecified atom stereocenters. The number of carbonyl (C=O) groups excluding carboxylic acids is 2. The first kappa shape index (κ1) is 18.9. The maximum absolute atomic E-state index is 13.1. The van der Waals surface area contributed by atoms with Crippen LogP contribution in [0.2, 0.25) is 0 Å². The van der Waals surface area contributed by atoms with Crippen LogP contribution in [0.3, 0.4) is 0 Å². The predicted octanol–water partition coefficient (Wildman–Crippen LogP) is 4.28. The molecule has 5 saturated carbocycles. The van der Waals surface area contributed by atoms with Crippen LogP contribution in [0.5, 0.6) is 0 Å². The van der Waals surface area contributed by atoms with E-state index in [0.717, 1.165) is 62.9 Å². The molecular formula is C24H38N2O2. The molecule has 0 aromatic rings. The summed E-state index contributed by atoms with van der Waals surface area (Å²) in [5.74, 6) is 3.67. The summed E-state index contributed by atoms with van der Waals surface area (Å²) in [6.07, 6.45) is 16.8. The number of rotatable bonds is 4. The molecule has 1 aliphatic heterocycles. The standard InChI is InChI=1S/C24H38N2O2/c27-22(16-24-13-17-10-18(14-24)12-19(11-17)15-24)26-8-6-21(7-9-26)25-23(28)20-4-2-1-3-5-20/h17-21H,1-16H2,(H,25,28). The maximum Gasteiger partial charge on any atom is 0.223 e. The Hall–Kier alpha value is -1.06. The molecule has 6 rings (SSSR count). The van der Waals surface area contributed by atoms with Gasteiger partial charge in [0, 0.05) is 31.5 Å². The molecule has 1 saturated heterocycles. The minimum atomic E-state index is 0.240. The second-order valence-corrected chi connectivity index (χ2v) is 11.1. The topological polar surface area (TPSA) is 49.4 Å². The van der Waals surface area contributed by atoms with Gasteiger partial charge in [-0.1, -0.05) is 19.3 Å². The summed E-state index contributed by atoms with van der Waals surface area (Å²) in [6, 6.07) is 0.276. The largest absolute Gasteiger partial charge is 0.353 e. The summed E-state index contributed by atoms with van der Waals surface area (Å²) in [5.41, 5.74) is 0.345. The Morgan fingerprint density at radius 1 is 0.821 bits per heavy atom. The van der Waals surface area contributed by atoms with Gasteiger partial charge in [0.15, 0.2) is 0 Å². The molecule has 0 radical (unpaired) electrons. The van der Waals surface area contributed by atoms with E-state index in [-0.39, 0.29) is 17.9 Å². The zero-order chi connectivity index (χ0) is 19.1. The van der Waals surface area contributed by atoms with Crippen LogP contribution in [0.15, 0.2) is 0 Å². The third-order valence-electron chi connectivity index (χ3n) is 8.86. The van der Waals surface area contributed by atoms with E-state index >= 15 is 0 Å². The van der Waals surface area contributed by atoms with Crippen LogP contribution in [-0.2, 0) is 9.59 Å². The number of nitrogens with zero attached hydrogens (tertiary/aromatic N) is 1. The molecule has 1 N–H and O–H groups in total. The van der Waals surface area contributed by atoms with E-state index in [9.17, 15) is 9.59 Å². The first-order valence-corrected chi connectivity index (χ1v) is 12.2. The van der Waals surface area contributed by atoms with Crippen LogP contribution in [0.4, 0.5) is 0 Å². The number of likely N-dealkylation sites (tertiary alicyclic amines) is 1. The predicted molar refractivity (Wildman–Crippen MR) is 110 cm³/mol. The van der Waals surface area contributed by atoms with Gasteiger partial charge in [-0.05, 0) is 87.4 Å². The van der Waals surface area contributed by atoms with Crippen molar-refractivity contribution in [2.75, 3.05) is 13.1 Å². The highest BCUT2D eigenvalue weighted by atomic mass is 16.2.